The third-order valence-electron chi connectivity index (χ3n) is 3.48. The van der Waals surface area contributed by atoms with Gasteiger partial charge in [0.15, 0.2) is 0 Å². The molecule has 0 bridgehead atoms. The van der Waals surface area contributed by atoms with Crippen LogP contribution in [0.1, 0.15) is 22.8 Å². The topological polar surface area (TPSA) is 87.4 Å². The zero-order valence-corrected chi connectivity index (χ0v) is 14.5. The highest BCUT2D eigenvalue weighted by molar-refractivity contribution is 7.86. The number of benzene rings is 2. The van der Waals surface area contributed by atoms with E-state index in [1.54, 1.807) is 18.2 Å². The second-order valence-electron chi connectivity index (χ2n) is 5.31. The van der Waals surface area contributed by atoms with E-state index in [4.69, 9.17) is 21.6 Å². The van der Waals surface area contributed by atoms with E-state index in [9.17, 15) is 17.4 Å². The van der Waals surface area contributed by atoms with Crippen LogP contribution in [0.15, 0.2) is 48.5 Å². The first kappa shape index (κ1) is 19.2. The lowest BCUT2D eigenvalue weighted by Crippen LogP contribution is -2.21. The molecule has 0 saturated carbocycles. The molecule has 1 N–H and O–H groups in total. The fourth-order valence-corrected chi connectivity index (χ4v) is 3.42. The van der Waals surface area contributed by atoms with Gasteiger partial charge >= 0.3 is 0 Å². The summed E-state index contributed by atoms with van der Waals surface area (Å²) in [5.74, 6) is 0.151. The maximum absolute atomic E-state index is 14.3. The fraction of sp³-hybridized carbons (Fsp3) is 0.235. The summed E-state index contributed by atoms with van der Waals surface area (Å²) in [5, 5.41) is 7.96. The van der Waals surface area contributed by atoms with Crippen molar-refractivity contribution < 1.29 is 22.1 Å². The Kier molecular flexibility index (Phi) is 6.37. The van der Waals surface area contributed by atoms with Gasteiger partial charge in [0, 0.05) is 11.4 Å². The summed E-state index contributed by atoms with van der Waals surface area (Å²) in [5.41, 5.74) is 0.436. The standard InChI is InChI=1S/C17H15ClFNO4S/c18-14-6-7-16(13(8-14)10-20)24-11-15(19)9-17(25(21,22)23)12-4-2-1-3-5-12/h1-8,15,17H,9,11H2,(H,21,22,23)/t15-,17?/m1/s1. The summed E-state index contributed by atoms with van der Waals surface area (Å²) < 4.78 is 52.0. The van der Waals surface area contributed by atoms with E-state index in [-0.39, 0.29) is 16.9 Å². The number of nitriles is 1. The van der Waals surface area contributed by atoms with E-state index >= 15 is 0 Å². The summed E-state index contributed by atoms with van der Waals surface area (Å²) in [6, 6.07) is 14.1. The Morgan fingerprint density at radius 2 is 1.92 bits per heavy atom. The molecule has 0 saturated heterocycles. The first-order valence-electron chi connectivity index (χ1n) is 7.29. The molecular formula is C17H15ClFNO4S. The Morgan fingerprint density at radius 3 is 2.52 bits per heavy atom. The lowest BCUT2D eigenvalue weighted by atomic mass is 10.1. The molecule has 0 heterocycles. The normalized spacial score (nSPS) is 13.7. The Hall–Kier alpha value is -2.14. The van der Waals surface area contributed by atoms with Crippen molar-refractivity contribution in [1.29, 1.82) is 5.26 Å². The lowest BCUT2D eigenvalue weighted by molar-refractivity contribution is 0.184. The van der Waals surface area contributed by atoms with Gasteiger partial charge < -0.3 is 4.74 Å². The van der Waals surface area contributed by atoms with Gasteiger partial charge in [-0.2, -0.15) is 13.7 Å². The minimum absolute atomic E-state index is 0.147. The molecule has 0 fully saturated rings. The molecule has 0 spiro atoms. The number of halogens is 2. The van der Waals surface area contributed by atoms with E-state index in [0.29, 0.717) is 5.02 Å². The van der Waals surface area contributed by atoms with Crippen LogP contribution in [-0.4, -0.2) is 25.7 Å². The van der Waals surface area contributed by atoms with Crippen molar-refractivity contribution in [3.63, 3.8) is 0 Å². The van der Waals surface area contributed by atoms with Gasteiger partial charge in [-0.25, -0.2) is 4.39 Å². The Balaban J connectivity index is 2.08. The van der Waals surface area contributed by atoms with Crippen LogP contribution < -0.4 is 4.74 Å². The lowest BCUT2D eigenvalue weighted by Gasteiger charge is -2.17. The summed E-state index contributed by atoms with van der Waals surface area (Å²) in [4.78, 5) is 0. The highest BCUT2D eigenvalue weighted by Crippen LogP contribution is 2.28. The van der Waals surface area contributed by atoms with Gasteiger partial charge in [0.2, 0.25) is 0 Å². The van der Waals surface area contributed by atoms with Gasteiger partial charge in [0.25, 0.3) is 10.1 Å². The molecule has 1 unspecified atom stereocenters. The van der Waals surface area contributed by atoms with E-state index in [1.165, 1.54) is 30.3 Å². The second-order valence-corrected chi connectivity index (χ2v) is 7.35. The van der Waals surface area contributed by atoms with Crippen LogP contribution in [-0.2, 0) is 10.1 Å². The first-order valence-corrected chi connectivity index (χ1v) is 9.17. The van der Waals surface area contributed by atoms with Crippen molar-refractivity contribution in [3.05, 3.63) is 64.7 Å². The molecule has 0 aliphatic heterocycles. The van der Waals surface area contributed by atoms with Crippen molar-refractivity contribution in [1.82, 2.24) is 0 Å². The number of rotatable bonds is 7. The zero-order chi connectivity index (χ0) is 18.4. The van der Waals surface area contributed by atoms with Crippen LogP contribution in [0.25, 0.3) is 0 Å². The molecule has 2 aromatic rings. The molecule has 0 aliphatic rings. The molecular weight excluding hydrogens is 369 g/mol. The fourth-order valence-electron chi connectivity index (χ4n) is 2.29. The monoisotopic (exact) mass is 383 g/mol. The third-order valence-corrected chi connectivity index (χ3v) is 4.90. The molecule has 0 aliphatic carbocycles. The van der Waals surface area contributed by atoms with Gasteiger partial charge in [-0.1, -0.05) is 41.9 Å². The van der Waals surface area contributed by atoms with E-state index in [2.05, 4.69) is 0 Å². The van der Waals surface area contributed by atoms with Gasteiger partial charge in [-0.05, 0) is 23.8 Å². The highest BCUT2D eigenvalue weighted by atomic mass is 35.5. The summed E-state index contributed by atoms with van der Waals surface area (Å²) in [6.45, 7) is -0.463. The average molecular weight is 384 g/mol. The summed E-state index contributed by atoms with van der Waals surface area (Å²) >= 11 is 5.77. The Labute approximate surface area is 150 Å². The first-order chi connectivity index (χ1) is 11.8. The molecule has 25 heavy (non-hydrogen) atoms. The van der Waals surface area contributed by atoms with Crippen LogP contribution >= 0.6 is 11.6 Å². The largest absolute Gasteiger partial charge is 0.489 e. The predicted octanol–water partition coefficient (Wildman–Crippen LogP) is 3.95. The Morgan fingerprint density at radius 1 is 1.24 bits per heavy atom. The van der Waals surface area contributed by atoms with Crippen LogP contribution in [0.3, 0.4) is 0 Å². The number of alkyl halides is 1. The summed E-state index contributed by atoms with van der Waals surface area (Å²) in [6.07, 6.45) is -2.15. The molecule has 132 valence electrons. The van der Waals surface area contributed by atoms with Crippen molar-refractivity contribution in [2.24, 2.45) is 0 Å². The molecule has 0 radical (unpaired) electrons. The van der Waals surface area contributed by atoms with Gasteiger partial charge in [0.1, 0.15) is 29.8 Å². The predicted molar refractivity (Wildman–Crippen MR) is 91.9 cm³/mol. The van der Waals surface area contributed by atoms with Gasteiger partial charge in [0.05, 0.1) is 5.56 Å². The van der Waals surface area contributed by atoms with E-state index < -0.39 is 34.6 Å². The van der Waals surface area contributed by atoms with Gasteiger partial charge in [-0.3, -0.25) is 4.55 Å². The SMILES string of the molecule is N#Cc1cc(Cl)ccc1OC[C@H](F)CC(c1ccccc1)S(=O)(=O)O. The zero-order valence-electron chi connectivity index (χ0n) is 13.0. The molecule has 5 nitrogen and oxygen atoms in total. The van der Waals surface area contributed by atoms with Crippen LogP contribution in [0.2, 0.25) is 5.02 Å². The number of ether oxygens (including phenoxy) is 1. The number of hydrogen-bond acceptors (Lipinski definition) is 4. The maximum atomic E-state index is 14.3. The van der Waals surface area contributed by atoms with Crippen LogP contribution in [0, 0.1) is 11.3 Å². The molecule has 0 amide bonds. The van der Waals surface area contributed by atoms with Crippen LogP contribution in [0.4, 0.5) is 4.39 Å². The van der Waals surface area contributed by atoms with Crippen molar-refractivity contribution in [2.75, 3.05) is 6.61 Å². The second kappa shape index (κ2) is 8.30. The van der Waals surface area contributed by atoms with Crippen molar-refractivity contribution >= 4 is 21.7 Å². The van der Waals surface area contributed by atoms with E-state index in [1.807, 2.05) is 6.07 Å². The van der Waals surface area contributed by atoms with E-state index in [0.717, 1.165) is 0 Å². The molecule has 0 aromatic heterocycles. The number of nitrogens with zero attached hydrogens (tertiary/aromatic N) is 1. The van der Waals surface area contributed by atoms with Crippen molar-refractivity contribution in [3.8, 4) is 11.8 Å². The van der Waals surface area contributed by atoms with Crippen molar-refractivity contribution in [2.45, 2.75) is 17.8 Å². The average Bonchev–Trinajstić information content (AvgIpc) is 2.58. The maximum Gasteiger partial charge on any atom is 0.272 e. The van der Waals surface area contributed by atoms with Gasteiger partial charge in [-0.15, -0.1) is 0 Å². The summed E-state index contributed by atoms with van der Waals surface area (Å²) in [7, 11) is -4.48. The smallest absolute Gasteiger partial charge is 0.272 e. The third kappa shape index (κ3) is 5.43. The minimum atomic E-state index is -4.48. The molecule has 2 atom stereocenters. The molecule has 2 aromatic carbocycles. The quantitative estimate of drug-likeness (QED) is 0.731. The minimum Gasteiger partial charge on any atom is -0.489 e. The molecule has 8 heteroatoms. The van der Waals surface area contributed by atoms with Crippen LogP contribution in [0.5, 0.6) is 5.75 Å². The highest BCUT2D eigenvalue weighted by Gasteiger charge is 2.29. The Bertz CT molecular complexity index is 868. The molecule has 2 rings (SSSR count). The number of hydrogen-bond donors (Lipinski definition) is 1.